The summed E-state index contributed by atoms with van der Waals surface area (Å²) < 4.78 is 17.6. The van der Waals surface area contributed by atoms with Crippen molar-refractivity contribution in [2.75, 3.05) is 6.54 Å². The fraction of sp³-hybridized carbons (Fsp3) is 0.231. The monoisotopic (exact) mass is 264 g/mol. The van der Waals surface area contributed by atoms with Gasteiger partial charge in [0.05, 0.1) is 6.10 Å². The molecule has 0 aliphatic heterocycles. The van der Waals surface area contributed by atoms with Crippen molar-refractivity contribution in [3.63, 3.8) is 0 Å². The Morgan fingerprint density at radius 3 is 2.74 bits per heavy atom. The first-order valence-electron chi connectivity index (χ1n) is 5.69. The van der Waals surface area contributed by atoms with Gasteiger partial charge in [-0.2, -0.15) is 0 Å². The molecule has 1 unspecified atom stereocenters. The Labute approximate surface area is 109 Å². The summed E-state index contributed by atoms with van der Waals surface area (Å²) in [6, 6.07) is 5.44. The van der Waals surface area contributed by atoms with Gasteiger partial charge in [-0.05, 0) is 24.6 Å². The number of carbonyl (C=O) groups is 1. The smallest absolute Gasteiger partial charge is 0.273 e. The molecule has 0 saturated carbocycles. The number of aliphatic hydroxyl groups is 1. The van der Waals surface area contributed by atoms with Crippen molar-refractivity contribution < 1.29 is 18.7 Å². The van der Waals surface area contributed by atoms with E-state index in [1.165, 1.54) is 30.7 Å². The van der Waals surface area contributed by atoms with Gasteiger partial charge in [-0.25, -0.2) is 9.37 Å². The van der Waals surface area contributed by atoms with Crippen molar-refractivity contribution in [1.29, 1.82) is 0 Å². The number of rotatable bonds is 4. The van der Waals surface area contributed by atoms with E-state index in [4.69, 9.17) is 4.42 Å². The van der Waals surface area contributed by atoms with Crippen molar-refractivity contribution in [2.24, 2.45) is 0 Å². The van der Waals surface area contributed by atoms with Crippen LogP contribution < -0.4 is 5.32 Å². The summed E-state index contributed by atoms with van der Waals surface area (Å²) in [6.07, 6.45) is 0.275. The van der Waals surface area contributed by atoms with Crippen LogP contribution in [0.5, 0.6) is 0 Å². The Morgan fingerprint density at radius 1 is 1.47 bits per heavy atom. The fourth-order valence-corrected chi connectivity index (χ4v) is 1.60. The maximum atomic E-state index is 12.7. The molecule has 0 bridgehead atoms. The van der Waals surface area contributed by atoms with E-state index in [1.54, 1.807) is 6.92 Å². The normalized spacial score (nSPS) is 12.2. The summed E-state index contributed by atoms with van der Waals surface area (Å²) in [4.78, 5) is 15.5. The molecule has 0 aliphatic rings. The Kier molecular flexibility index (Phi) is 3.91. The van der Waals surface area contributed by atoms with E-state index in [0.717, 1.165) is 0 Å². The van der Waals surface area contributed by atoms with Crippen LogP contribution in [0, 0.1) is 12.7 Å². The number of aryl methyl sites for hydroxylation is 1. The summed E-state index contributed by atoms with van der Waals surface area (Å²) in [5, 5.41) is 12.4. The largest absolute Gasteiger partial charge is 0.448 e. The zero-order valence-corrected chi connectivity index (χ0v) is 10.3. The predicted octanol–water partition coefficient (Wildman–Crippen LogP) is 1.59. The summed E-state index contributed by atoms with van der Waals surface area (Å²) in [6.45, 7) is 1.63. The number of carbonyl (C=O) groups excluding carboxylic acids is 1. The number of amides is 1. The van der Waals surface area contributed by atoms with Crippen molar-refractivity contribution in [3.8, 4) is 0 Å². The number of hydrogen-bond acceptors (Lipinski definition) is 4. The first-order chi connectivity index (χ1) is 9.08. The van der Waals surface area contributed by atoms with Crippen molar-refractivity contribution in [3.05, 3.63) is 53.5 Å². The van der Waals surface area contributed by atoms with Gasteiger partial charge in [0.25, 0.3) is 5.91 Å². The van der Waals surface area contributed by atoms with E-state index in [0.29, 0.717) is 11.3 Å². The van der Waals surface area contributed by atoms with Crippen LogP contribution in [-0.4, -0.2) is 22.5 Å². The third-order valence-corrected chi connectivity index (χ3v) is 2.67. The highest BCUT2D eigenvalue weighted by Crippen LogP contribution is 2.12. The minimum absolute atomic E-state index is 0.0107. The van der Waals surface area contributed by atoms with Gasteiger partial charge in [-0.3, -0.25) is 4.79 Å². The van der Waals surface area contributed by atoms with E-state index in [-0.39, 0.29) is 18.1 Å². The van der Waals surface area contributed by atoms with Crippen molar-refractivity contribution in [1.82, 2.24) is 10.3 Å². The van der Waals surface area contributed by atoms with Gasteiger partial charge in [0.2, 0.25) is 0 Å². The molecule has 19 heavy (non-hydrogen) atoms. The highest BCUT2D eigenvalue weighted by molar-refractivity contribution is 5.93. The highest BCUT2D eigenvalue weighted by atomic mass is 19.1. The predicted molar refractivity (Wildman–Crippen MR) is 64.9 cm³/mol. The average Bonchev–Trinajstić information content (AvgIpc) is 2.83. The molecule has 100 valence electrons. The number of oxazole rings is 1. The summed E-state index contributed by atoms with van der Waals surface area (Å²) >= 11 is 0. The van der Waals surface area contributed by atoms with Crippen LogP contribution in [0.2, 0.25) is 0 Å². The van der Waals surface area contributed by atoms with E-state index in [9.17, 15) is 14.3 Å². The molecule has 1 atom stereocenters. The zero-order chi connectivity index (χ0) is 13.8. The number of nitrogens with zero attached hydrogens (tertiary/aromatic N) is 1. The lowest BCUT2D eigenvalue weighted by molar-refractivity contribution is 0.0910. The van der Waals surface area contributed by atoms with Crippen LogP contribution in [0.3, 0.4) is 0 Å². The molecule has 6 heteroatoms. The molecule has 0 fully saturated rings. The van der Waals surface area contributed by atoms with Crippen LogP contribution in [0.4, 0.5) is 4.39 Å². The van der Waals surface area contributed by atoms with Gasteiger partial charge in [0.15, 0.2) is 12.1 Å². The molecule has 1 aromatic carbocycles. The van der Waals surface area contributed by atoms with Gasteiger partial charge < -0.3 is 14.8 Å². The van der Waals surface area contributed by atoms with Crippen LogP contribution in [-0.2, 0) is 0 Å². The SMILES string of the molecule is Cc1ocnc1C(=O)NCC(O)c1ccc(F)cc1. The minimum atomic E-state index is -0.906. The Hall–Kier alpha value is -2.21. The lowest BCUT2D eigenvalue weighted by atomic mass is 10.1. The average molecular weight is 264 g/mol. The maximum absolute atomic E-state index is 12.7. The second kappa shape index (κ2) is 5.62. The second-order valence-corrected chi connectivity index (χ2v) is 4.03. The molecule has 1 amide bonds. The molecule has 0 saturated heterocycles. The molecule has 1 heterocycles. The Bertz CT molecular complexity index is 566. The molecule has 2 rings (SSSR count). The zero-order valence-electron chi connectivity index (χ0n) is 10.3. The van der Waals surface area contributed by atoms with Gasteiger partial charge >= 0.3 is 0 Å². The molecule has 5 nitrogen and oxygen atoms in total. The number of aliphatic hydroxyl groups excluding tert-OH is 1. The topological polar surface area (TPSA) is 75.4 Å². The van der Waals surface area contributed by atoms with Crippen LogP contribution in [0.1, 0.15) is 27.9 Å². The first kappa shape index (κ1) is 13.2. The number of aromatic nitrogens is 1. The van der Waals surface area contributed by atoms with Gasteiger partial charge in [-0.15, -0.1) is 0 Å². The minimum Gasteiger partial charge on any atom is -0.448 e. The molecule has 0 radical (unpaired) electrons. The van der Waals surface area contributed by atoms with Gasteiger partial charge in [-0.1, -0.05) is 12.1 Å². The lowest BCUT2D eigenvalue weighted by Crippen LogP contribution is -2.29. The lowest BCUT2D eigenvalue weighted by Gasteiger charge is -2.11. The molecule has 2 N–H and O–H groups in total. The van der Waals surface area contributed by atoms with E-state index in [2.05, 4.69) is 10.3 Å². The molecular formula is C13H13FN2O3. The highest BCUT2D eigenvalue weighted by Gasteiger charge is 2.15. The molecular weight excluding hydrogens is 251 g/mol. The standard InChI is InChI=1S/C13H13FN2O3/c1-8-12(16-7-19-8)13(18)15-6-11(17)9-2-4-10(14)5-3-9/h2-5,7,11,17H,6H2,1H3,(H,15,18). The number of benzene rings is 1. The van der Waals surface area contributed by atoms with E-state index < -0.39 is 12.0 Å². The maximum Gasteiger partial charge on any atom is 0.273 e. The van der Waals surface area contributed by atoms with Crippen LogP contribution >= 0.6 is 0 Å². The molecule has 0 spiro atoms. The Balaban J connectivity index is 1.94. The third kappa shape index (κ3) is 3.17. The molecule has 1 aromatic heterocycles. The van der Waals surface area contributed by atoms with E-state index >= 15 is 0 Å². The van der Waals surface area contributed by atoms with Crippen molar-refractivity contribution in [2.45, 2.75) is 13.0 Å². The van der Waals surface area contributed by atoms with E-state index in [1.807, 2.05) is 0 Å². The fourth-order valence-electron chi connectivity index (χ4n) is 1.60. The second-order valence-electron chi connectivity index (χ2n) is 4.03. The van der Waals surface area contributed by atoms with Gasteiger partial charge in [0, 0.05) is 6.54 Å². The van der Waals surface area contributed by atoms with Gasteiger partial charge in [0.1, 0.15) is 11.6 Å². The van der Waals surface area contributed by atoms with Crippen molar-refractivity contribution >= 4 is 5.91 Å². The van der Waals surface area contributed by atoms with Crippen LogP contribution in [0.15, 0.2) is 35.1 Å². The molecule has 2 aromatic rings. The summed E-state index contributed by atoms with van der Waals surface area (Å²) in [7, 11) is 0. The quantitative estimate of drug-likeness (QED) is 0.879. The van der Waals surface area contributed by atoms with Crippen LogP contribution in [0.25, 0.3) is 0 Å². The summed E-state index contributed by atoms with van der Waals surface area (Å²) in [5.41, 5.74) is 0.713. The summed E-state index contributed by atoms with van der Waals surface area (Å²) in [5.74, 6) is -0.389. The number of halogens is 1. The molecule has 0 aliphatic carbocycles. The third-order valence-electron chi connectivity index (χ3n) is 2.67. The number of hydrogen-bond donors (Lipinski definition) is 2. The first-order valence-corrected chi connectivity index (χ1v) is 5.69. The number of nitrogens with one attached hydrogen (secondary N) is 1. The Morgan fingerprint density at radius 2 is 2.16 bits per heavy atom.